The van der Waals surface area contributed by atoms with Crippen LogP contribution in [-0.2, 0) is 0 Å². The summed E-state index contributed by atoms with van der Waals surface area (Å²) in [5.41, 5.74) is 0.886. The van der Waals surface area contributed by atoms with Crippen LogP contribution in [0, 0.1) is 5.92 Å². The molecule has 2 aliphatic rings. The Hall–Kier alpha value is -2.65. The summed E-state index contributed by atoms with van der Waals surface area (Å²) in [7, 11) is 0. The number of nitrogens with one attached hydrogen (secondary N) is 1. The summed E-state index contributed by atoms with van der Waals surface area (Å²) >= 11 is 0. The zero-order chi connectivity index (χ0) is 20.5. The van der Waals surface area contributed by atoms with Gasteiger partial charge in [0.1, 0.15) is 11.3 Å². The van der Waals surface area contributed by atoms with E-state index in [1.165, 1.54) is 0 Å². The maximum atomic E-state index is 9.69. The Bertz CT molecular complexity index is 992. The third kappa shape index (κ3) is 3.63. The molecule has 30 heavy (non-hydrogen) atoms. The van der Waals surface area contributed by atoms with Crippen molar-refractivity contribution in [3.63, 3.8) is 0 Å². The first-order valence-corrected chi connectivity index (χ1v) is 10.9. The summed E-state index contributed by atoms with van der Waals surface area (Å²) in [6.07, 6.45) is 12.1. The molecule has 2 fully saturated rings. The van der Waals surface area contributed by atoms with Crippen LogP contribution in [0.3, 0.4) is 0 Å². The second kappa shape index (κ2) is 8.23. The number of aliphatic hydroxyl groups is 2. The zero-order valence-electron chi connectivity index (χ0n) is 17.1. The minimum Gasteiger partial charge on any atom is -0.396 e. The van der Waals surface area contributed by atoms with E-state index in [-0.39, 0.29) is 12.6 Å². The molecule has 9 nitrogen and oxygen atoms in total. The van der Waals surface area contributed by atoms with Crippen LogP contribution in [-0.4, -0.2) is 60.2 Å². The highest BCUT2D eigenvalue weighted by Crippen LogP contribution is 2.33. The fourth-order valence-corrected chi connectivity index (χ4v) is 4.77. The van der Waals surface area contributed by atoms with Gasteiger partial charge in [0.15, 0.2) is 5.82 Å². The summed E-state index contributed by atoms with van der Waals surface area (Å²) < 4.78 is 4.00. The SMILES string of the molecule is OC[C@@H]1CCCN1c1nc(Nc2cn([C@H]3CC[C@H](CO)CC3)cn2)c2cccn2n1. The van der Waals surface area contributed by atoms with Crippen molar-refractivity contribution in [3.05, 3.63) is 30.9 Å². The lowest BCUT2D eigenvalue weighted by Crippen LogP contribution is -2.34. The van der Waals surface area contributed by atoms with Crippen molar-refractivity contribution >= 4 is 23.1 Å². The van der Waals surface area contributed by atoms with E-state index in [9.17, 15) is 10.2 Å². The molecular weight excluding hydrogens is 382 g/mol. The summed E-state index contributed by atoms with van der Waals surface area (Å²) in [5.74, 6) is 2.53. The minimum absolute atomic E-state index is 0.0686. The quantitative estimate of drug-likeness (QED) is 0.572. The first-order chi connectivity index (χ1) is 14.7. The largest absolute Gasteiger partial charge is 0.396 e. The number of anilines is 3. The molecule has 3 aromatic rings. The van der Waals surface area contributed by atoms with E-state index in [2.05, 4.69) is 24.9 Å². The van der Waals surface area contributed by atoms with Gasteiger partial charge in [-0.2, -0.15) is 4.98 Å². The van der Waals surface area contributed by atoms with Crippen molar-refractivity contribution in [2.75, 3.05) is 30.0 Å². The third-order valence-corrected chi connectivity index (χ3v) is 6.57. The molecule has 5 rings (SSSR count). The molecule has 4 heterocycles. The van der Waals surface area contributed by atoms with Crippen LogP contribution in [0.4, 0.5) is 17.6 Å². The number of imidazole rings is 1. The Morgan fingerprint density at radius 3 is 2.77 bits per heavy atom. The lowest BCUT2D eigenvalue weighted by atomic mass is 9.86. The molecule has 1 aliphatic carbocycles. The molecule has 1 saturated heterocycles. The van der Waals surface area contributed by atoms with Crippen molar-refractivity contribution < 1.29 is 10.2 Å². The Labute approximate surface area is 175 Å². The molecule has 1 saturated carbocycles. The van der Waals surface area contributed by atoms with Crippen molar-refractivity contribution in [3.8, 4) is 0 Å². The molecule has 0 bridgehead atoms. The predicted molar refractivity (Wildman–Crippen MR) is 114 cm³/mol. The van der Waals surface area contributed by atoms with Gasteiger partial charge in [-0.15, -0.1) is 5.10 Å². The normalized spacial score (nSPS) is 24.6. The Morgan fingerprint density at radius 1 is 1.10 bits per heavy atom. The predicted octanol–water partition coefficient (Wildman–Crippen LogP) is 2.35. The van der Waals surface area contributed by atoms with Crippen LogP contribution in [0.15, 0.2) is 30.9 Å². The number of nitrogens with zero attached hydrogens (tertiary/aromatic N) is 6. The van der Waals surface area contributed by atoms with E-state index in [0.29, 0.717) is 30.3 Å². The van der Waals surface area contributed by atoms with Crippen molar-refractivity contribution in [2.45, 2.75) is 50.6 Å². The average Bonchev–Trinajstić information content (AvgIpc) is 3.53. The second-order valence-electron chi connectivity index (χ2n) is 8.46. The topological polar surface area (TPSA) is 104 Å². The first-order valence-electron chi connectivity index (χ1n) is 10.9. The molecule has 160 valence electrons. The third-order valence-electron chi connectivity index (χ3n) is 6.57. The zero-order valence-corrected chi connectivity index (χ0v) is 17.1. The highest BCUT2D eigenvalue weighted by atomic mass is 16.3. The monoisotopic (exact) mass is 411 g/mol. The number of fused-ring (bicyclic) bond motifs is 1. The Balaban J connectivity index is 1.38. The van der Waals surface area contributed by atoms with E-state index in [4.69, 9.17) is 4.98 Å². The van der Waals surface area contributed by atoms with Gasteiger partial charge in [0.25, 0.3) is 0 Å². The molecule has 0 aromatic carbocycles. The standard InChI is InChI=1S/C21H29N7O2/c29-12-15-5-7-16(8-6-15)26-11-19(22-14-26)23-20-18-4-2-10-28(18)25-21(24-20)27-9-1-3-17(27)13-30/h2,4,10-11,14-17,29-30H,1,3,5-9,12-13H2,(H,23,24,25)/t15-,16-,17-/m0/s1. The van der Waals surface area contributed by atoms with Crippen LogP contribution in [0.25, 0.3) is 5.52 Å². The molecule has 3 N–H and O–H groups in total. The highest BCUT2D eigenvalue weighted by molar-refractivity contribution is 5.73. The van der Waals surface area contributed by atoms with Gasteiger partial charge >= 0.3 is 0 Å². The van der Waals surface area contributed by atoms with E-state index in [1.807, 2.05) is 35.4 Å². The maximum absolute atomic E-state index is 9.69. The first kappa shape index (κ1) is 19.3. The van der Waals surface area contributed by atoms with Gasteiger partial charge < -0.3 is 25.0 Å². The maximum Gasteiger partial charge on any atom is 0.245 e. The van der Waals surface area contributed by atoms with Crippen LogP contribution in [0.5, 0.6) is 0 Å². The number of aliphatic hydroxyl groups excluding tert-OH is 2. The minimum atomic E-state index is 0.0686. The molecule has 0 amide bonds. The fourth-order valence-electron chi connectivity index (χ4n) is 4.77. The Morgan fingerprint density at radius 2 is 1.97 bits per heavy atom. The summed E-state index contributed by atoms with van der Waals surface area (Å²) in [4.78, 5) is 11.4. The van der Waals surface area contributed by atoms with Gasteiger partial charge in [-0.25, -0.2) is 9.50 Å². The lowest BCUT2D eigenvalue weighted by Gasteiger charge is -2.27. The lowest BCUT2D eigenvalue weighted by molar-refractivity contribution is 0.169. The van der Waals surface area contributed by atoms with Crippen molar-refractivity contribution in [1.82, 2.24) is 24.1 Å². The molecule has 1 aliphatic heterocycles. The van der Waals surface area contributed by atoms with Crippen LogP contribution < -0.4 is 10.2 Å². The molecule has 0 unspecified atom stereocenters. The molecule has 1 atom stereocenters. The van der Waals surface area contributed by atoms with E-state index in [1.54, 1.807) is 0 Å². The molecule has 3 aromatic heterocycles. The van der Waals surface area contributed by atoms with Gasteiger partial charge in [0.05, 0.1) is 19.0 Å². The molecule has 0 radical (unpaired) electrons. The number of hydrogen-bond donors (Lipinski definition) is 3. The second-order valence-corrected chi connectivity index (χ2v) is 8.46. The molecular formula is C21H29N7O2. The fraction of sp³-hybridized carbons (Fsp3) is 0.571. The van der Waals surface area contributed by atoms with Crippen LogP contribution in [0.1, 0.15) is 44.6 Å². The summed E-state index contributed by atoms with van der Waals surface area (Å²) in [6.45, 7) is 1.25. The van der Waals surface area contributed by atoms with Gasteiger partial charge in [0.2, 0.25) is 5.95 Å². The van der Waals surface area contributed by atoms with Crippen molar-refractivity contribution in [2.24, 2.45) is 5.92 Å². The van der Waals surface area contributed by atoms with Crippen LogP contribution >= 0.6 is 0 Å². The molecule has 0 spiro atoms. The summed E-state index contributed by atoms with van der Waals surface area (Å²) in [5, 5.41) is 27.1. The Kier molecular flexibility index (Phi) is 5.30. The smallest absolute Gasteiger partial charge is 0.245 e. The van der Waals surface area contributed by atoms with Gasteiger partial charge in [-0.3, -0.25) is 0 Å². The average molecular weight is 412 g/mol. The summed E-state index contributed by atoms with van der Waals surface area (Å²) in [6, 6.07) is 4.43. The van der Waals surface area contributed by atoms with Crippen molar-refractivity contribution in [1.29, 1.82) is 0 Å². The number of rotatable bonds is 6. The highest BCUT2D eigenvalue weighted by Gasteiger charge is 2.27. The van der Waals surface area contributed by atoms with Gasteiger partial charge in [0, 0.05) is 31.6 Å². The van der Waals surface area contributed by atoms with E-state index < -0.39 is 0 Å². The van der Waals surface area contributed by atoms with Gasteiger partial charge in [-0.05, 0) is 56.6 Å². The number of hydrogen-bond acceptors (Lipinski definition) is 7. The number of aromatic nitrogens is 5. The van der Waals surface area contributed by atoms with Gasteiger partial charge in [-0.1, -0.05) is 0 Å². The van der Waals surface area contributed by atoms with Crippen LogP contribution in [0.2, 0.25) is 0 Å². The van der Waals surface area contributed by atoms with E-state index in [0.717, 1.165) is 56.4 Å². The molecule has 9 heteroatoms. The van der Waals surface area contributed by atoms with E-state index >= 15 is 0 Å².